The third kappa shape index (κ3) is 5.82. The first-order valence-corrected chi connectivity index (χ1v) is 8.70. The van der Waals surface area contributed by atoms with Crippen molar-refractivity contribution >= 4 is 29.1 Å². The quantitative estimate of drug-likeness (QED) is 0.731. The second-order valence-electron chi connectivity index (χ2n) is 6.29. The highest BCUT2D eigenvalue weighted by molar-refractivity contribution is 6.31. The number of halogens is 1. The lowest BCUT2D eigenvalue weighted by atomic mass is 10.1. The fourth-order valence-corrected chi connectivity index (χ4v) is 2.44. The van der Waals surface area contributed by atoms with E-state index >= 15 is 0 Å². The molecule has 1 aromatic carbocycles. The van der Waals surface area contributed by atoms with Crippen molar-refractivity contribution in [1.29, 1.82) is 0 Å². The first-order valence-electron chi connectivity index (χ1n) is 8.32. The van der Waals surface area contributed by atoms with E-state index in [1.54, 1.807) is 12.1 Å². The summed E-state index contributed by atoms with van der Waals surface area (Å²) < 4.78 is 0. The number of hydrogen-bond acceptors (Lipinski definition) is 4. The van der Waals surface area contributed by atoms with Gasteiger partial charge in [-0.15, -0.1) is 0 Å². The summed E-state index contributed by atoms with van der Waals surface area (Å²) in [6.07, 6.45) is 3.72. The van der Waals surface area contributed by atoms with Crippen molar-refractivity contribution < 1.29 is 9.59 Å². The summed E-state index contributed by atoms with van der Waals surface area (Å²) >= 11 is 6.07. The maximum atomic E-state index is 12.4. The van der Waals surface area contributed by atoms with E-state index in [9.17, 15) is 9.59 Å². The Labute approximate surface area is 158 Å². The molecular weight excluding hydrogens is 352 g/mol. The smallest absolute Gasteiger partial charge is 0.257 e. The average Bonchev–Trinajstić information content (AvgIpc) is 2.61. The first-order chi connectivity index (χ1) is 12.4. The number of carbonyl (C=O) groups is 2. The Morgan fingerprint density at radius 1 is 1.12 bits per heavy atom. The van der Waals surface area contributed by atoms with E-state index in [-0.39, 0.29) is 11.8 Å². The zero-order valence-electron chi connectivity index (χ0n) is 15.2. The van der Waals surface area contributed by atoms with Crippen molar-refractivity contribution in [2.45, 2.75) is 13.3 Å². The molecule has 2 N–H and O–H groups in total. The first kappa shape index (κ1) is 19.9. The van der Waals surface area contributed by atoms with Gasteiger partial charge in [0.2, 0.25) is 0 Å². The number of amides is 2. The van der Waals surface area contributed by atoms with Crippen molar-refractivity contribution in [2.75, 3.05) is 32.5 Å². The Bertz CT molecular complexity index is 793. The molecule has 2 aromatic rings. The van der Waals surface area contributed by atoms with Crippen LogP contribution in [0.3, 0.4) is 0 Å². The molecule has 138 valence electrons. The van der Waals surface area contributed by atoms with Crippen LogP contribution < -0.4 is 10.6 Å². The predicted octanol–water partition coefficient (Wildman–Crippen LogP) is 2.98. The van der Waals surface area contributed by atoms with Gasteiger partial charge in [-0.3, -0.25) is 14.6 Å². The molecule has 26 heavy (non-hydrogen) atoms. The molecule has 1 aromatic heterocycles. The number of pyridine rings is 1. The molecule has 7 heteroatoms. The SMILES string of the molecule is Cc1ccc(NC(=O)c2cncc(C(=O)NCCCN(C)C)c2)cc1Cl. The maximum Gasteiger partial charge on any atom is 0.257 e. The lowest BCUT2D eigenvalue weighted by Gasteiger charge is -2.10. The molecule has 0 spiro atoms. The fourth-order valence-electron chi connectivity index (χ4n) is 2.26. The van der Waals surface area contributed by atoms with Gasteiger partial charge in [0.05, 0.1) is 11.1 Å². The number of carbonyl (C=O) groups excluding carboxylic acids is 2. The van der Waals surface area contributed by atoms with Gasteiger partial charge in [-0.05, 0) is 57.7 Å². The lowest BCUT2D eigenvalue weighted by Crippen LogP contribution is -2.27. The number of nitrogens with one attached hydrogen (secondary N) is 2. The molecule has 2 amide bonds. The number of hydrogen-bond donors (Lipinski definition) is 2. The second-order valence-corrected chi connectivity index (χ2v) is 6.70. The maximum absolute atomic E-state index is 12.4. The van der Waals surface area contributed by atoms with Crippen LogP contribution in [0.25, 0.3) is 0 Å². The van der Waals surface area contributed by atoms with Crippen LogP contribution in [0.15, 0.2) is 36.7 Å². The molecule has 0 unspecified atom stereocenters. The Kier molecular flexibility index (Phi) is 7.12. The number of aryl methyl sites for hydroxylation is 1. The highest BCUT2D eigenvalue weighted by Crippen LogP contribution is 2.20. The van der Waals surface area contributed by atoms with E-state index in [4.69, 9.17) is 11.6 Å². The second kappa shape index (κ2) is 9.31. The molecule has 0 radical (unpaired) electrons. The highest BCUT2D eigenvalue weighted by atomic mass is 35.5. The van der Waals surface area contributed by atoms with E-state index in [1.165, 1.54) is 18.5 Å². The molecule has 0 saturated heterocycles. The number of anilines is 1. The van der Waals surface area contributed by atoms with E-state index in [0.717, 1.165) is 18.5 Å². The molecule has 0 atom stereocenters. The molecule has 0 bridgehead atoms. The molecule has 0 aliphatic rings. The van der Waals surface area contributed by atoms with Crippen molar-refractivity contribution in [3.05, 3.63) is 58.4 Å². The standard InChI is InChI=1S/C19H23ClN4O2/c1-13-5-6-16(10-17(13)20)23-19(26)15-9-14(11-21-12-15)18(25)22-7-4-8-24(2)3/h5-6,9-12H,4,7-8H2,1-3H3,(H,22,25)(H,23,26). The summed E-state index contributed by atoms with van der Waals surface area (Å²) in [5, 5.41) is 6.16. The minimum atomic E-state index is -0.348. The van der Waals surface area contributed by atoms with Gasteiger partial charge < -0.3 is 15.5 Å². The van der Waals surface area contributed by atoms with Crippen molar-refractivity contribution in [2.24, 2.45) is 0 Å². The molecule has 0 saturated carbocycles. The molecule has 2 rings (SSSR count). The summed E-state index contributed by atoms with van der Waals surface area (Å²) in [5.74, 6) is -0.594. The summed E-state index contributed by atoms with van der Waals surface area (Å²) in [7, 11) is 3.96. The van der Waals surface area contributed by atoms with Crippen LogP contribution in [0.2, 0.25) is 5.02 Å². The van der Waals surface area contributed by atoms with Gasteiger partial charge in [-0.2, -0.15) is 0 Å². The third-order valence-corrected chi connectivity index (χ3v) is 4.17. The molecule has 0 fully saturated rings. The zero-order chi connectivity index (χ0) is 19.1. The molecule has 6 nitrogen and oxygen atoms in total. The summed E-state index contributed by atoms with van der Waals surface area (Å²) in [6, 6.07) is 6.81. The highest BCUT2D eigenvalue weighted by Gasteiger charge is 2.12. The van der Waals surface area contributed by atoms with Gasteiger partial charge in [-0.1, -0.05) is 17.7 Å². The van der Waals surface area contributed by atoms with E-state index in [0.29, 0.717) is 28.4 Å². The third-order valence-electron chi connectivity index (χ3n) is 3.76. The lowest BCUT2D eigenvalue weighted by molar-refractivity contribution is 0.0952. The van der Waals surface area contributed by atoms with Gasteiger partial charge in [-0.25, -0.2) is 0 Å². The average molecular weight is 375 g/mol. The number of rotatable bonds is 7. The van der Waals surface area contributed by atoms with Crippen LogP contribution in [0.1, 0.15) is 32.7 Å². The molecule has 0 aliphatic carbocycles. The predicted molar refractivity (Wildman–Crippen MR) is 104 cm³/mol. The van der Waals surface area contributed by atoms with Crippen LogP contribution in [-0.4, -0.2) is 48.9 Å². The van der Waals surface area contributed by atoms with Crippen molar-refractivity contribution in [3.63, 3.8) is 0 Å². The molecule has 1 heterocycles. The molecular formula is C19H23ClN4O2. The zero-order valence-corrected chi connectivity index (χ0v) is 15.9. The van der Waals surface area contributed by atoms with Gasteiger partial charge in [0.15, 0.2) is 0 Å². The largest absolute Gasteiger partial charge is 0.352 e. The van der Waals surface area contributed by atoms with Gasteiger partial charge in [0.25, 0.3) is 11.8 Å². The minimum absolute atomic E-state index is 0.246. The van der Waals surface area contributed by atoms with Crippen molar-refractivity contribution in [1.82, 2.24) is 15.2 Å². The molecule has 0 aliphatic heterocycles. The Balaban J connectivity index is 1.99. The van der Waals surface area contributed by atoms with Crippen LogP contribution in [0.4, 0.5) is 5.69 Å². The summed E-state index contributed by atoms with van der Waals surface area (Å²) in [5.41, 5.74) is 2.18. The number of aromatic nitrogens is 1. The van der Waals surface area contributed by atoms with Crippen LogP contribution in [0.5, 0.6) is 0 Å². The number of benzene rings is 1. The van der Waals surface area contributed by atoms with E-state index in [2.05, 4.69) is 20.5 Å². The Morgan fingerprint density at radius 2 is 1.81 bits per heavy atom. The Hall–Kier alpha value is -2.44. The van der Waals surface area contributed by atoms with Crippen molar-refractivity contribution in [3.8, 4) is 0 Å². The van der Waals surface area contributed by atoms with Crippen LogP contribution >= 0.6 is 11.6 Å². The normalized spacial score (nSPS) is 10.7. The van der Waals surface area contributed by atoms with Gasteiger partial charge in [0.1, 0.15) is 0 Å². The van der Waals surface area contributed by atoms with Crippen LogP contribution in [0, 0.1) is 6.92 Å². The topological polar surface area (TPSA) is 74.3 Å². The summed E-state index contributed by atoms with van der Waals surface area (Å²) in [4.78, 5) is 30.6. The van der Waals surface area contributed by atoms with E-state index < -0.39 is 0 Å². The number of nitrogens with zero attached hydrogens (tertiary/aromatic N) is 2. The fraction of sp³-hybridized carbons (Fsp3) is 0.316. The van der Waals surface area contributed by atoms with E-state index in [1.807, 2.05) is 27.1 Å². The Morgan fingerprint density at radius 3 is 2.46 bits per heavy atom. The minimum Gasteiger partial charge on any atom is -0.352 e. The summed E-state index contributed by atoms with van der Waals surface area (Å²) in [6.45, 7) is 3.34. The monoisotopic (exact) mass is 374 g/mol. The van der Waals surface area contributed by atoms with Crippen LogP contribution in [-0.2, 0) is 0 Å². The van der Waals surface area contributed by atoms with Gasteiger partial charge >= 0.3 is 0 Å². The van der Waals surface area contributed by atoms with Gasteiger partial charge in [0, 0.05) is 29.6 Å².